The summed E-state index contributed by atoms with van der Waals surface area (Å²) in [6.07, 6.45) is 2.54. The third-order valence-electron chi connectivity index (χ3n) is 6.97. The van der Waals surface area contributed by atoms with Gasteiger partial charge < -0.3 is 4.90 Å². The summed E-state index contributed by atoms with van der Waals surface area (Å²) in [6, 6.07) is 6.66. The van der Waals surface area contributed by atoms with Crippen molar-refractivity contribution < 1.29 is 4.79 Å². The average Bonchev–Trinajstić information content (AvgIpc) is 3.18. The molecule has 3 saturated heterocycles. The lowest BCUT2D eigenvalue weighted by molar-refractivity contribution is 0.0484. The van der Waals surface area contributed by atoms with E-state index in [4.69, 9.17) is 11.6 Å². The van der Waals surface area contributed by atoms with Crippen LogP contribution in [0, 0.1) is 11.3 Å². The largest absolute Gasteiger partial charge is 0.332 e. The van der Waals surface area contributed by atoms with E-state index in [2.05, 4.69) is 20.0 Å². The van der Waals surface area contributed by atoms with Crippen molar-refractivity contribution in [3.05, 3.63) is 28.9 Å². The minimum absolute atomic E-state index is 0.0693. The molecule has 4 aliphatic rings. The average molecular weight is 329 g/mol. The number of amides is 1. The molecule has 2 aromatic rings. The first-order valence-corrected chi connectivity index (χ1v) is 8.75. The molecule has 1 unspecified atom stereocenters. The molecular weight excluding hydrogens is 312 g/mol. The monoisotopic (exact) mass is 328 g/mol. The quantitative estimate of drug-likeness (QED) is 0.872. The summed E-state index contributed by atoms with van der Waals surface area (Å²) in [4.78, 5) is 17.9. The summed E-state index contributed by atoms with van der Waals surface area (Å²) >= 11 is 6.11. The number of fused-ring (bicyclic) bond motifs is 1. The molecule has 4 heterocycles. The second-order valence-electron chi connectivity index (χ2n) is 7.54. The van der Waals surface area contributed by atoms with Gasteiger partial charge >= 0.3 is 0 Å². The van der Waals surface area contributed by atoms with Gasteiger partial charge in [-0.3, -0.25) is 14.8 Å². The Bertz CT molecular complexity index is 863. The highest BCUT2D eigenvalue weighted by atomic mass is 35.5. The van der Waals surface area contributed by atoms with Crippen LogP contribution in [0.1, 0.15) is 23.3 Å². The number of H-pyrrole nitrogens is 1. The molecule has 6 rings (SSSR count). The number of hydrogen-bond donors (Lipinski definition) is 1. The molecule has 1 spiro atoms. The number of nitrogens with one attached hydrogen (secondary N) is 1. The lowest BCUT2D eigenvalue weighted by Gasteiger charge is -2.46. The molecule has 1 amide bonds. The summed E-state index contributed by atoms with van der Waals surface area (Å²) in [7, 11) is 0. The second-order valence-corrected chi connectivity index (χ2v) is 7.98. The molecule has 23 heavy (non-hydrogen) atoms. The maximum atomic E-state index is 13.2. The van der Waals surface area contributed by atoms with Crippen molar-refractivity contribution in [2.24, 2.45) is 11.3 Å². The van der Waals surface area contributed by atoms with Gasteiger partial charge in [0.1, 0.15) is 0 Å². The van der Waals surface area contributed by atoms with Crippen molar-refractivity contribution in [1.82, 2.24) is 20.0 Å². The Labute approximate surface area is 138 Å². The molecule has 1 saturated carbocycles. The van der Waals surface area contributed by atoms with Gasteiger partial charge in [-0.2, -0.15) is 5.10 Å². The molecule has 6 heteroatoms. The van der Waals surface area contributed by atoms with Crippen LogP contribution in [-0.2, 0) is 0 Å². The van der Waals surface area contributed by atoms with Crippen LogP contribution in [0.2, 0.25) is 5.02 Å². The zero-order valence-electron chi connectivity index (χ0n) is 12.6. The summed E-state index contributed by atoms with van der Waals surface area (Å²) in [5, 5.41) is 8.74. The van der Waals surface area contributed by atoms with Crippen molar-refractivity contribution in [3.8, 4) is 0 Å². The standard InChI is InChI=1S/C17H17ClN4O/c18-10-1-2-12-11(6-10)15(20-19-12)16(23)22-7-9-5-13-17(9)3-4-21(13)8-14(17)22/h1-2,6,9,13-14H,3-5,7-8H2,(H,19,20)/t9-,13-,14-,17-/m0/s1. The fourth-order valence-electron chi connectivity index (χ4n) is 5.95. The molecule has 4 fully saturated rings. The highest BCUT2D eigenvalue weighted by Gasteiger charge is 2.73. The number of nitrogens with zero attached hydrogens (tertiary/aromatic N) is 3. The zero-order valence-corrected chi connectivity index (χ0v) is 13.4. The molecule has 1 aliphatic carbocycles. The van der Waals surface area contributed by atoms with Crippen molar-refractivity contribution in [2.75, 3.05) is 19.6 Å². The van der Waals surface area contributed by atoms with E-state index in [-0.39, 0.29) is 5.91 Å². The van der Waals surface area contributed by atoms with E-state index >= 15 is 0 Å². The number of hydrogen-bond acceptors (Lipinski definition) is 3. The molecule has 1 N–H and O–H groups in total. The van der Waals surface area contributed by atoms with E-state index in [1.165, 1.54) is 19.4 Å². The Balaban J connectivity index is 1.42. The fraction of sp³-hybridized carbons (Fsp3) is 0.529. The summed E-state index contributed by atoms with van der Waals surface area (Å²) in [5.41, 5.74) is 1.79. The van der Waals surface area contributed by atoms with Gasteiger partial charge in [0.25, 0.3) is 5.91 Å². The molecule has 3 aliphatic heterocycles. The van der Waals surface area contributed by atoms with Crippen LogP contribution in [0.25, 0.3) is 10.9 Å². The van der Waals surface area contributed by atoms with Crippen molar-refractivity contribution in [2.45, 2.75) is 24.9 Å². The van der Waals surface area contributed by atoms with Crippen LogP contribution in [0.3, 0.4) is 0 Å². The Kier molecular flexibility index (Phi) is 2.17. The Morgan fingerprint density at radius 3 is 3.13 bits per heavy atom. The first kappa shape index (κ1) is 12.8. The molecular formula is C17H17ClN4O. The first-order valence-electron chi connectivity index (χ1n) is 8.37. The van der Waals surface area contributed by atoms with E-state index in [0.29, 0.717) is 28.1 Å². The SMILES string of the molecule is O=C(c1n[nH]c2ccc(Cl)cc12)N1C[C@@H]2C[C@@H]3N4CC[C@]23[C@@H]1C4. The van der Waals surface area contributed by atoms with E-state index in [1.54, 1.807) is 0 Å². The third kappa shape index (κ3) is 1.32. The molecule has 0 radical (unpaired) electrons. The van der Waals surface area contributed by atoms with Crippen LogP contribution in [0.4, 0.5) is 0 Å². The van der Waals surface area contributed by atoms with Gasteiger partial charge in [-0.25, -0.2) is 0 Å². The number of carbonyl (C=O) groups is 1. The van der Waals surface area contributed by atoms with Crippen molar-refractivity contribution in [1.29, 1.82) is 0 Å². The van der Waals surface area contributed by atoms with Crippen molar-refractivity contribution in [3.63, 3.8) is 0 Å². The van der Waals surface area contributed by atoms with E-state index in [0.717, 1.165) is 30.0 Å². The van der Waals surface area contributed by atoms with Crippen LogP contribution in [0.5, 0.6) is 0 Å². The topological polar surface area (TPSA) is 52.2 Å². The highest BCUT2D eigenvalue weighted by molar-refractivity contribution is 6.31. The molecule has 118 valence electrons. The summed E-state index contributed by atoms with van der Waals surface area (Å²) in [5.74, 6) is 0.766. The lowest BCUT2D eigenvalue weighted by atomic mass is 9.57. The number of carbonyl (C=O) groups excluding carboxylic acids is 1. The zero-order chi connectivity index (χ0) is 15.3. The molecule has 2 bridgehead atoms. The molecule has 5 nitrogen and oxygen atoms in total. The van der Waals surface area contributed by atoms with Crippen LogP contribution < -0.4 is 0 Å². The number of aromatic nitrogens is 2. The smallest absolute Gasteiger partial charge is 0.275 e. The summed E-state index contributed by atoms with van der Waals surface area (Å²) in [6.45, 7) is 3.18. The number of likely N-dealkylation sites (tertiary alicyclic amines) is 1. The third-order valence-corrected chi connectivity index (χ3v) is 7.21. The maximum absolute atomic E-state index is 13.2. The normalized spacial score (nSPS) is 39.8. The van der Waals surface area contributed by atoms with Gasteiger partial charge in [0.2, 0.25) is 0 Å². The van der Waals surface area contributed by atoms with E-state index in [1.807, 2.05) is 18.2 Å². The van der Waals surface area contributed by atoms with Crippen LogP contribution >= 0.6 is 11.6 Å². The predicted octanol–water partition coefficient (Wildman–Crippen LogP) is 2.13. The summed E-state index contributed by atoms with van der Waals surface area (Å²) < 4.78 is 0. The minimum Gasteiger partial charge on any atom is -0.332 e. The van der Waals surface area contributed by atoms with Crippen molar-refractivity contribution >= 4 is 28.4 Å². The number of rotatable bonds is 1. The number of piperidine rings is 1. The van der Waals surface area contributed by atoms with Gasteiger partial charge in [-0.15, -0.1) is 0 Å². The van der Waals surface area contributed by atoms with Gasteiger partial charge in [0.15, 0.2) is 5.69 Å². The Morgan fingerprint density at radius 2 is 2.26 bits per heavy atom. The van der Waals surface area contributed by atoms with Crippen LogP contribution in [-0.4, -0.2) is 57.6 Å². The maximum Gasteiger partial charge on any atom is 0.275 e. The van der Waals surface area contributed by atoms with E-state index < -0.39 is 0 Å². The second kappa shape index (κ2) is 3.90. The first-order chi connectivity index (χ1) is 11.2. The minimum atomic E-state index is 0.0693. The molecule has 1 aromatic heterocycles. The van der Waals surface area contributed by atoms with Gasteiger partial charge in [-0.05, 0) is 43.5 Å². The number of halogens is 1. The van der Waals surface area contributed by atoms with E-state index in [9.17, 15) is 4.79 Å². The van der Waals surface area contributed by atoms with Gasteiger partial charge in [0, 0.05) is 35.0 Å². The van der Waals surface area contributed by atoms with Crippen LogP contribution in [0.15, 0.2) is 18.2 Å². The highest BCUT2D eigenvalue weighted by Crippen LogP contribution is 2.67. The fourth-order valence-corrected chi connectivity index (χ4v) is 6.12. The number of benzene rings is 1. The molecule has 1 aromatic carbocycles. The Hall–Kier alpha value is -1.59. The predicted molar refractivity (Wildman–Crippen MR) is 86.4 cm³/mol. The molecule has 5 atom stereocenters. The Morgan fingerprint density at radius 1 is 1.35 bits per heavy atom. The van der Waals surface area contributed by atoms with Gasteiger partial charge in [0.05, 0.1) is 11.6 Å². The van der Waals surface area contributed by atoms with Gasteiger partial charge in [-0.1, -0.05) is 11.6 Å². The lowest BCUT2D eigenvalue weighted by Crippen LogP contribution is -2.51. The number of aromatic amines is 1.